The van der Waals surface area contributed by atoms with E-state index in [0.717, 1.165) is 42.1 Å². The third kappa shape index (κ3) is 6.28. The highest BCUT2D eigenvalue weighted by molar-refractivity contribution is 6.77. The first-order valence-corrected chi connectivity index (χ1v) is 13.7. The minimum Gasteiger partial charge on any atom is -0.416 e. The molecule has 2 aromatic rings. The molecule has 0 radical (unpaired) electrons. The number of aromatic nitrogens is 2. The fourth-order valence-electron chi connectivity index (χ4n) is 4.96. The monoisotopic (exact) mass is 446 g/mol. The quantitative estimate of drug-likeness (QED) is 0.263. The van der Waals surface area contributed by atoms with Crippen molar-refractivity contribution in [3.05, 3.63) is 41.9 Å². The summed E-state index contributed by atoms with van der Waals surface area (Å²) in [7, 11) is 1.62. The Morgan fingerprint density at radius 1 is 0.903 bits per heavy atom. The van der Waals surface area contributed by atoms with Gasteiger partial charge in [0.15, 0.2) is 8.32 Å². The number of imidazole rings is 1. The Bertz CT molecular complexity index is 763. The minimum absolute atomic E-state index is 0.508. The molecule has 0 spiro atoms. The van der Waals surface area contributed by atoms with Crippen molar-refractivity contribution >= 4 is 8.32 Å². The van der Waals surface area contributed by atoms with Gasteiger partial charge in [0, 0.05) is 39.0 Å². The first-order valence-electron chi connectivity index (χ1n) is 11.5. The molecule has 2 rings (SSSR count). The summed E-state index contributed by atoms with van der Waals surface area (Å²) in [6.45, 7) is 15.9. The number of hydrogen-bond donors (Lipinski definition) is 0. The topological polar surface area (TPSA) is 45.5 Å². The van der Waals surface area contributed by atoms with E-state index in [1.54, 1.807) is 14.2 Å². The zero-order valence-electron chi connectivity index (χ0n) is 20.8. The maximum absolute atomic E-state index is 6.72. The van der Waals surface area contributed by atoms with Gasteiger partial charge in [0.2, 0.25) is 0 Å². The average Bonchev–Trinajstić information content (AvgIpc) is 3.11. The van der Waals surface area contributed by atoms with Crippen molar-refractivity contribution in [1.82, 2.24) is 9.55 Å². The Labute approximate surface area is 190 Å². The maximum atomic E-state index is 6.72. The summed E-state index contributed by atoms with van der Waals surface area (Å²) >= 11 is 0. The molecule has 0 atom stereocenters. The number of ether oxygens (including phenoxy) is 2. The Morgan fingerprint density at radius 2 is 1.52 bits per heavy atom. The lowest BCUT2D eigenvalue weighted by Gasteiger charge is -2.42. The molecule has 174 valence electrons. The van der Waals surface area contributed by atoms with Gasteiger partial charge in [0.25, 0.3) is 0 Å². The van der Waals surface area contributed by atoms with Gasteiger partial charge in [-0.05, 0) is 28.6 Å². The van der Waals surface area contributed by atoms with Crippen LogP contribution in [0.2, 0.25) is 16.6 Å². The molecule has 0 saturated carbocycles. The summed E-state index contributed by atoms with van der Waals surface area (Å²) in [4.78, 5) is 4.92. The van der Waals surface area contributed by atoms with Crippen LogP contribution in [0.5, 0.6) is 0 Å². The van der Waals surface area contributed by atoms with Crippen LogP contribution in [-0.4, -0.2) is 38.7 Å². The molecule has 0 aliphatic carbocycles. The lowest BCUT2D eigenvalue weighted by molar-refractivity contribution is 0.128. The Hall–Kier alpha value is -1.47. The summed E-state index contributed by atoms with van der Waals surface area (Å²) in [6, 6.07) is 8.40. The van der Waals surface area contributed by atoms with Crippen LogP contribution in [0, 0.1) is 0 Å². The van der Waals surface area contributed by atoms with E-state index in [4.69, 9.17) is 18.9 Å². The number of nitrogens with zero attached hydrogens (tertiary/aromatic N) is 2. The van der Waals surface area contributed by atoms with Crippen molar-refractivity contribution in [2.24, 2.45) is 0 Å². The van der Waals surface area contributed by atoms with Gasteiger partial charge < -0.3 is 18.5 Å². The number of hydrogen-bond acceptors (Lipinski definition) is 4. The van der Waals surface area contributed by atoms with Crippen molar-refractivity contribution < 1.29 is 13.9 Å². The van der Waals surface area contributed by atoms with Gasteiger partial charge in [-0.3, -0.25) is 0 Å². The largest absolute Gasteiger partial charge is 0.416 e. The second kappa shape index (κ2) is 12.0. The van der Waals surface area contributed by atoms with E-state index in [1.165, 1.54) is 0 Å². The first kappa shape index (κ1) is 25.8. The van der Waals surface area contributed by atoms with E-state index in [2.05, 4.69) is 76.6 Å². The van der Waals surface area contributed by atoms with Crippen LogP contribution in [0.1, 0.15) is 59.4 Å². The third-order valence-corrected chi connectivity index (χ3v) is 12.4. The first-order chi connectivity index (χ1) is 14.8. The van der Waals surface area contributed by atoms with Crippen molar-refractivity contribution in [3.8, 4) is 11.3 Å². The molecule has 0 unspecified atom stereocenters. The predicted molar refractivity (Wildman–Crippen MR) is 131 cm³/mol. The highest BCUT2D eigenvalue weighted by Crippen LogP contribution is 2.42. The lowest BCUT2D eigenvalue weighted by Crippen LogP contribution is -2.48. The molecule has 5 nitrogen and oxygen atoms in total. The van der Waals surface area contributed by atoms with E-state index < -0.39 is 8.32 Å². The molecule has 0 N–H and O–H groups in total. The molecule has 0 aliphatic heterocycles. The predicted octanol–water partition coefficient (Wildman–Crippen LogP) is 6.43. The van der Waals surface area contributed by atoms with Gasteiger partial charge in [0.1, 0.15) is 12.6 Å². The van der Waals surface area contributed by atoms with Crippen molar-refractivity contribution in [3.63, 3.8) is 0 Å². The Morgan fingerprint density at radius 3 is 2.03 bits per heavy atom. The summed E-state index contributed by atoms with van der Waals surface area (Å²) < 4.78 is 19.4. The van der Waals surface area contributed by atoms with Crippen molar-refractivity contribution in [2.75, 3.05) is 20.8 Å². The summed E-state index contributed by atoms with van der Waals surface area (Å²) in [5, 5.41) is 0. The normalized spacial score (nSPS) is 12.5. The van der Waals surface area contributed by atoms with Crippen LogP contribution in [0.3, 0.4) is 0 Å². The molecule has 1 heterocycles. The Kier molecular flexibility index (Phi) is 9.94. The van der Waals surface area contributed by atoms with Crippen molar-refractivity contribution in [1.29, 1.82) is 0 Å². The standard InChI is InChI=1S/C25H42N2O3Si/c1-19(2)31(20(3)4,21(5)6)30-15-9-10-25-26-24(16-27(25)18-29-8)23-13-11-22(12-14-23)17-28-7/h11-14,16,19-21H,9-10,15,17-18H2,1-8H3. The molecular formula is C25H42N2O3Si. The zero-order valence-corrected chi connectivity index (χ0v) is 21.8. The second-order valence-corrected chi connectivity index (χ2v) is 14.8. The van der Waals surface area contributed by atoms with Gasteiger partial charge in [-0.15, -0.1) is 0 Å². The number of benzene rings is 1. The average molecular weight is 447 g/mol. The van der Waals surface area contributed by atoms with Gasteiger partial charge in [0.05, 0.1) is 12.3 Å². The SMILES string of the molecule is COCc1ccc(-c2cn(COC)c(CCCO[Si](C(C)C)(C(C)C)C(C)C)n2)cc1. The minimum atomic E-state index is -1.82. The third-order valence-electron chi connectivity index (χ3n) is 6.29. The molecule has 0 bridgehead atoms. The van der Waals surface area contributed by atoms with Gasteiger partial charge in [-0.1, -0.05) is 65.8 Å². The van der Waals surface area contributed by atoms with E-state index in [-0.39, 0.29) is 0 Å². The number of aryl methyl sites for hydroxylation is 1. The molecule has 0 aliphatic rings. The van der Waals surface area contributed by atoms with E-state index in [0.29, 0.717) is 30.0 Å². The number of methoxy groups -OCH3 is 2. The number of rotatable bonds is 13. The van der Waals surface area contributed by atoms with Gasteiger partial charge >= 0.3 is 0 Å². The molecule has 1 aromatic carbocycles. The summed E-state index contributed by atoms with van der Waals surface area (Å²) in [5.74, 6) is 1.05. The Balaban J connectivity index is 2.09. The second-order valence-electron chi connectivity index (χ2n) is 9.33. The smallest absolute Gasteiger partial charge is 0.200 e. The van der Waals surface area contributed by atoms with E-state index in [1.807, 2.05) is 0 Å². The highest BCUT2D eigenvalue weighted by Gasteiger charge is 2.44. The fraction of sp³-hybridized carbons (Fsp3) is 0.640. The van der Waals surface area contributed by atoms with Crippen LogP contribution >= 0.6 is 0 Å². The van der Waals surface area contributed by atoms with Crippen LogP contribution in [0.15, 0.2) is 30.5 Å². The summed E-state index contributed by atoms with van der Waals surface area (Å²) in [5.41, 5.74) is 5.07. The summed E-state index contributed by atoms with van der Waals surface area (Å²) in [6.07, 6.45) is 3.93. The van der Waals surface area contributed by atoms with Gasteiger partial charge in [-0.2, -0.15) is 0 Å². The zero-order chi connectivity index (χ0) is 23.0. The maximum Gasteiger partial charge on any atom is 0.200 e. The van der Waals surface area contributed by atoms with Crippen LogP contribution < -0.4 is 0 Å². The van der Waals surface area contributed by atoms with Gasteiger partial charge in [-0.25, -0.2) is 4.98 Å². The molecule has 0 fully saturated rings. The van der Waals surface area contributed by atoms with Crippen LogP contribution in [0.25, 0.3) is 11.3 Å². The van der Waals surface area contributed by atoms with E-state index in [9.17, 15) is 0 Å². The molecule has 6 heteroatoms. The molecular weight excluding hydrogens is 404 g/mol. The molecule has 31 heavy (non-hydrogen) atoms. The molecule has 0 saturated heterocycles. The van der Waals surface area contributed by atoms with Crippen LogP contribution in [0.4, 0.5) is 0 Å². The molecule has 0 amide bonds. The highest BCUT2D eigenvalue weighted by atomic mass is 28.4. The van der Waals surface area contributed by atoms with Crippen LogP contribution in [-0.2, 0) is 33.7 Å². The van der Waals surface area contributed by atoms with E-state index >= 15 is 0 Å². The van der Waals surface area contributed by atoms with Crippen molar-refractivity contribution in [2.45, 2.75) is 84.3 Å². The fourth-order valence-corrected chi connectivity index (χ4v) is 10.5. The lowest BCUT2D eigenvalue weighted by atomic mass is 10.1. The molecule has 1 aromatic heterocycles.